The molecule has 2 fully saturated rings. The number of thioether (sulfide) groups is 1. The van der Waals surface area contributed by atoms with Gasteiger partial charge >= 0.3 is 0 Å². The number of methoxy groups -OCH3 is 1. The fourth-order valence-corrected chi connectivity index (χ4v) is 7.44. The van der Waals surface area contributed by atoms with Crippen LogP contribution in [0.1, 0.15) is 15.9 Å². The molecule has 2 aliphatic heterocycles. The Morgan fingerprint density at radius 2 is 1.86 bits per heavy atom. The molecule has 152 valence electrons. The van der Waals surface area contributed by atoms with E-state index in [-0.39, 0.29) is 28.6 Å². The van der Waals surface area contributed by atoms with Gasteiger partial charge in [0.25, 0.3) is 5.91 Å². The van der Waals surface area contributed by atoms with Crippen LogP contribution in [-0.2, 0) is 16.4 Å². The second-order valence-corrected chi connectivity index (χ2v) is 10.3. The number of carbonyl (C=O) groups is 1. The molecule has 9 heteroatoms. The van der Waals surface area contributed by atoms with E-state index in [9.17, 15) is 17.6 Å². The van der Waals surface area contributed by atoms with Crippen molar-refractivity contribution in [1.82, 2.24) is 4.90 Å². The summed E-state index contributed by atoms with van der Waals surface area (Å²) in [4.78, 5) is 18.8. The fraction of sp³-hybridized carbons (Fsp3) is 0.300. The van der Waals surface area contributed by atoms with E-state index in [1.807, 2.05) is 4.90 Å². The smallest absolute Gasteiger partial charge is 0.279 e. The maximum absolute atomic E-state index is 13.2. The average Bonchev–Trinajstić information content (AvgIpc) is 3.15. The van der Waals surface area contributed by atoms with Crippen molar-refractivity contribution in [3.63, 3.8) is 0 Å². The van der Waals surface area contributed by atoms with Gasteiger partial charge in [0, 0.05) is 17.4 Å². The summed E-state index contributed by atoms with van der Waals surface area (Å²) in [5.74, 6) is -0.00164. The van der Waals surface area contributed by atoms with Crippen molar-refractivity contribution in [3.8, 4) is 5.75 Å². The molecule has 6 nitrogen and oxygen atoms in total. The first kappa shape index (κ1) is 19.9. The predicted octanol–water partition coefficient (Wildman–Crippen LogP) is 2.75. The maximum atomic E-state index is 13.2. The van der Waals surface area contributed by atoms with Crippen LogP contribution in [0.25, 0.3) is 0 Å². The minimum absolute atomic E-state index is 0.0294. The van der Waals surface area contributed by atoms with Crippen LogP contribution in [0.2, 0.25) is 0 Å². The van der Waals surface area contributed by atoms with Crippen molar-refractivity contribution < 1.29 is 22.3 Å². The molecule has 0 aliphatic carbocycles. The summed E-state index contributed by atoms with van der Waals surface area (Å²) < 4.78 is 42.5. The number of amides is 1. The van der Waals surface area contributed by atoms with Gasteiger partial charge in [-0.2, -0.15) is 4.99 Å². The second-order valence-electron chi connectivity index (χ2n) is 6.98. The third-order valence-corrected chi connectivity index (χ3v) is 8.22. The Bertz CT molecular complexity index is 1050. The van der Waals surface area contributed by atoms with Crippen LogP contribution in [0.3, 0.4) is 0 Å². The Labute approximate surface area is 172 Å². The van der Waals surface area contributed by atoms with Gasteiger partial charge in [-0.05, 0) is 42.0 Å². The normalized spacial score (nSPS) is 23.9. The fourth-order valence-electron chi connectivity index (χ4n) is 3.49. The van der Waals surface area contributed by atoms with Gasteiger partial charge in [0.2, 0.25) is 0 Å². The topological polar surface area (TPSA) is 76.0 Å². The van der Waals surface area contributed by atoms with Crippen LogP contribution in [0, 0.1) is 5.82 Å². The zero-order chi connectivity index (χ0) is 20.6. The van der Waals surface area contributed by atoms with Crippen LogP contribution in [0.4, 0.5) is 4.39 Å². The van der Waals surface area contributed by atoms with Gasteiger partial charge in [-0.25, -0.2) is 12.8 Å². The van der Waals surface area contributed by atoms with E-state index in [1.165, 1.54) is 23.9 Å². The molecule has 2 heterocycles. The quantitative estimate of drug-likeness (QED) is 0.737. The number of amidine groups is 1. The molecule has 29 heavy (non-hydrogen) atoms. The van der Waals surface area contributed by atoms with Gasteiger partial charge in [0.15, 0.2) is 15.0 Å². The molecule has 0 saturated carbocycles. The van der Waals surface area contributed by atoms with Crippen LogP contribution in [-0.4, -0.2) is 54.3 Å². The van der Waals surface area contributed by atoms with Crippen LogP contribution >= 0.6 is 11.8 Å². The van der Waals surface area contributed by atoms with Crippen LogP contribution in [0.5, 0.6) is 5.75 Å². The number of fused-ring (bicyclic) bond motifs is 1. The first-order valence-electron chi connectivity index (χ1n) is 9.00. The number of ether oxygens (including phenoxy) is 1. The molecule has 0 spiro atoms. The largest absolute Gasteiger partial charge is 0.497 e. The highest BCUT2D eigenvalue weighted by molar-refractivity contribution is 8.15. The monoisotopic (exact) mass is 434 g/mol. The summed E-state index contributed by atoms with van der Waals surface area (Å²) in [6.45, 7) is 0.360. The lowest BCUT2D eigenvalue weighted by Crippen LogP contribution is -2.37. The number of carbonyl (C=O) groups excluding carboxylic acids is 1. The summed E-state index contributed by atoms with van der Waals surface area (Å²) in [7, 11) is -1.58. The summed E-state index contributed by atoms with van der Waals surface area (Å²) >= 11 is 1.32. The van der Waals surface area contributed by atoms with E-state index in [0.717, 1.165) is 5.56 Å². The zero-order valence-corrected chi connectivity index (χ0v) is 17.2. The molecule has 2 aromatic carbocycles. The van der Waals surface area contributed by atoms with E-state index in [2.05, 4.69) is 4.99 Å². The summed E-state index contributed by atoms with van der Waals surface area (Å²) in [6, 6.07) is 12.4. The number of halogens is 1. The number of nitrogens with zero attached hydrogens (tertiary/aromatic N) is 2. The number of sulfone groups is 1. The molecular formula is C20H19FN2O4S2. The zero-order valence-electron chi connectivity index (χ0n) is 15.6. The van der Waals surface area contributed by atoms with Gasteiger partial charge in [-0.3, -0.25) is 4.79 Å². The molecule has 4 rings (SSSR count). The van der Waals surface area contributed by atoms with Crippen molar-refractivity contribution in [2.75, 3.05) is 18.6 Å². The molecule has 1 amide bonds. The second kappa shape index (κ2) is 7.79. The Balaban J connectivity index is 1.62. The van der Waals surface area contributed by atoms with E-state index < -0.39 is 15.7 Å². The molecule has 0 aromatic heterocycles. The van der Waals surface area contributed by atoms with Gasteiger partial charge in [0.05, 0.1) is 24.7 Å². The molecule has 0 bridgehead atoms. The Morgan fingerprint density at radius 3 is 2.52 bits per heavy atom. The SMILES string of the molecule is COc1ccc(C(=O)N=C2S[C@H]3CS(=O)(=O)C[C@H]3N2Cc2ccc(F)cc2)cc1. The lowest BCUT2D eigenvalue weighted by atomic mass is 10.1. The van der Waals surface area contributed by atoms with Crippen molar-refractivity contribution in [1.29, 1.82) is 0 Å². The van der Waals surface area contributed by atoms with Crippen LogP contribution < -0.4 is 4.74 Å². The maximum Gasteiger partial charge on any atom is 0.279 e. The van der Waals surface area contributed by atoms with Gasteiger partial charge in [-0.1, -0.05) is 23.9 Å². The number of benzene rings is 2. The minimum atomic E-state index is -3.13. The number of hydrogen-bond donors (Lipinski definition) is 0. The van der Waals surface area contributed by atoms with E-state index >= 15 is 0 Å². The standard InChI is InChI=1S/C20H19FN2O4S2/c1-27-16-8-4-14(5-9-16)19(24)22-20-23(10-13-2-6-15(21)7-3-13)17-11-29(25,26)12-18(17)28-20/h2-9,17-18H,10-12H2,1H3/t17-,18+/m1/s1. The van der Waals surface area contributed by atoms with Crippen molar-refractivity contribution >= 4 is 32.7 Å². The van der Waals surface area contributed by atoms with Gasteiger partial charge in [-0.15, -0.1) is 0 Å². The van der Waals surface area contributed by atoms with Crippen molar-refractivity contribution in [3.05, 3.63) is 65.5 Å². The first-order valence-corrected chi connectivity index (χ1v) is 11.7. The number of rotatable bonds is 4. The molecule has 0 N–H and O–H groups in total. The molecule has 2 saturated heterocycles. The lowest BCUT2D eigenvalue weighted by Gasteiger charge is -2.24. The van der Waals surface area contributed by atoms with Crippen LogP contribution in [0.15, 0.2) is 53.5 Å². The van der Waals surface area contributed by atoms with Gasteiger partial charge < -0.3 is 9.64 Å². The molecule has 0 unspecified atom stereocenters. The summed E-state index contributed by atoms with van der Waals surface area (Å²) in [6.07, 6.45) is 0. The Hall–Kier alpha value is -2.39. The number of aliphatic imine (C=N–C) groups is 1. The van der Waals surface area contributed by atoms with E-state index in [1.54, 1.807) is 43.5 Å². The minimum Gasteiger partial charge on any atom is -0.497 e. The lowest BCUT2D eigenvalue weighted by molar-refractivity contribution is 0.100. The Kier molecular flexibility index (Phi) is 5.35. The van der Waals surface area contributed by atoms with E-state index in [4.69, 9.17) is 4.74 Å². The third kappa shape index (κ3) is 4.30. The predicted molar refractivity (Wildman–Crippen MR) is 111 cm³/mol. The highest BCUT2D eigenvalue weighted by atomic mass is 32.2. The molecule has 2 aromatic rings. The highest BCUT2D eigenvalue weighted by Crippen LogP contribution is 2.39. The highest BCUT2D eigenvalue weighted by Gasteiger charge is 2.48. The van der Waals surface area contributed by atoms with Crippen molar-refractivity contribution in [2.24, 2.45) is 4.99 Å². The Morgan fingerprint density at radius 1 is 1.17 bits per heavy atom. The molecule has 2 aliphatic rings. The average molecular weight is 435 g/mol. The molecule has 0 radical (unpaired) electrons. The summed E-state index contributed by atoms with van der Waals surface area (Å²) in [5, 5.41) is 0.336. The third-order valence-electron chi connectivity index (χ3n) is 4.98. The summed E-state index contributed by atoms with van der Waals surface area (Å²) in [5.41, 5.74) is 1.24. The number of hydrogen-bond acceptors (Lipinski definition) is 5. The van der Waals surface area contributed by atoms with Gasteiger partial charge in [0.1, 0.15) is 11.6 Å². The first-order chi connectivity index (χ1) is 13.8. The molecular weight excluding hydrogens is 415 g/mol. The van der Waals surface area contributed by atoms with Crippen molar-refractivity contribution in [2.45, 2.75) is 17.8 Å². The molecule has 2 atom stereocenters. The van der Waals surface area contributed by atoms with E-state index in [0.29, 0.717) is 23.0 Å².